The van der Waals surface area contributed by atoms with Crippen molar-refractivity contribution in [1.82, 2.24) is 0 Å². The highest BCUT2D eigenvalue weighted by Crippen LogP contribution is 2.46. The second-order valence-electron chi connectivity index (χ2n) is 5.73. The molecule has 2 heteroatoms. The molecule has 1 aliphatic rings. The molecule has 0 saturated heterocycles. The molecule has 0 saturated carbocycles. The Hall–Kier alpha value is -2.35. The molecule has 0 N–H and O–H groups in total. The van der Waals surface area contributed by atoms with E-state index < -0.39 is 0 Å². The van der Waals surface area contributed by atoms with Crippen LogP contribution in [0.15, 0.2) is 53.5 Å². The molecule has 0 radical (unpaired) electrons. The number of nitrogens with zero attached hydrogens (tertiary/aromatic N) is 1. The van der Waals surface area contributed by atoms with E-state index in [0.717, 1.165) is 22.2 Å². The van der Waals surface area contributed by atoms with E-state index >= 15 is 0 Å². The van der Waals surface area contributed by atoms with Gasteiger partial charge in [-0.25, -0.2) is 0 Å². The fourth-order valence-corrected chi connectivity index (χ4v) is 2.83. The highest BCUT2D eigenvalue weighted by Gasteiger charge is 2.26. The summed E-state index contributed by atoms with van der Waals surface area (Å²) in [5, 5.41) is 4.72. The average molecular weight is 261 g/mol. The second-order valence-corrected chi connectivity index (χ2v) is 5.73. The first-order valence-corrected chi connectivity index (χ1v) is 6.83. The van der Waals surface area contributed by atoms with E-state index in [1.807, 2.05) is 32.2 Å². The Bertz CT molecular complexity index is 862. The van der Waals surface area contributed by atoms with Crippen molar-refractivity contribution in [3.63, 3.8) is 0 Å². The molecule has 4 rings (SSSR count). The van der Waals surface area contributed by atoms with Crippen LogP contribution in [0.5, 0.6) is 5.75 Å². The zero-order chi connectivity index (χ0) is 13.7. The summed E-state index contributed by atoms with van der Waals surface area (Å²) in [6.45, 7) is 4.06. The second kappa shape index (κ2) is 3.83. The summed E-state index contributed by atoms with van der Waals surface area (Å²) in [5.74, 6) is 0.895. The highest BCUT2D eigenvalue weighted by molar-refractivity contribution is 6.17. The highest BCUT2D eigenvalue weighted by atomic mass is 16.5. The van der Waals surface area contributed by atoms with Crippen molar-refractivity contribution in [2.45, 2.75) is 19.4 Å². The van der Waals surface area contributed by atoms with Crippen LogP contribution in [-0.2, 0) is 0 Å². The molecule has 0 fully saturated rings. The van der Waals surface area contributed by atoms with Gasteiger partial charge in [-0.2, -0.15) is 0 Å². The van der Waals surface area contributed by atoms with E-state index in [4.69, 9.17) is 4.74 Å². The predicted octanol–water partition coefficient (Wildman–Crippen LogP) is 4.87. The maximum atomic E-state index is 6.19. The van der Waals surface area contributed by atoms with Gasteiger partial charge in [-0.1, -0.05) is 48.5 Å². The smallest absolute Gasteiger partial charge is 0.154 e. The van der Waals surface area contributed by atoms with Crippen LogP contribution >= 0.6 is 0 Å². The van der Waals surface area contributed by atoms with E-state index in [2.05, 4.69) is 41.4 Å². The largest absolute Gasteiger partial charge is 0.479 e. The lowest BCUT2D eigenvalue weighted by Crippen LogP contribution is -2.31. The van der Waals surface area contributed by atoms with Crippen molar-refractivity contribution in [3.05, 3.63) is 48.5 Å². The third-order valence-electron chi connectivity index (χ3n) is 3.73. The van der Waals surface area contributed by atoms with Gasteiger partial charge in [0.25, 0.3) is 0 Å². The predicted molar refractivity (Wildman–Crippen MR) is 84.3 cm³/mol. The van der Waals surface area contributed by atoms with E-state index in [1.165, 1.54) is 10.8 Å². The quantitative estimate of drug-likeness (QED) is 0.529. The summed E-state index contributed by atoms with van der Waals surface area (Å²) in [7, 11) is 0. The van der Waals surface area contributed by atoms with Gasteiger partial charge in [0.05, 0.1) is 0 Å². The fraction of sp³-hybridized carbons (Fsp3) is 0.167. The Morgan fingerprint density at radius 1 is 0.800 bits per heavy atom. The molecule has 0 aliphatic carbocycles. The van der Waals surface area contributed by atoms with Gasteiger partial charge in [-0.3, -0.25) is 4.99 Å². The van der Waals surface area contributed by atoms with Crippen molar-refractivity contribution in [1.29, 1.82) is 0 Å². The minimum absolute atomic E-state index is 0.363. The van der Waals surface area contributed by atoms with E-state index in [-0.39, 0.29) is 5.60 Å². The standard InChI is InChI=1S/C18H15NO/c1-18(2)11-19-16-14-9-5-3-7-12(14)13-8-4-6-10-15(13)17(16)20-18/h3-11H,1-2H3. The van der Waals surface area contributed by atoms with E-state index in [9.17, 15) is 0 Å². The summed E-state index contributed by atoms with van der Waals surface area (Å²) < 4.78 is 6.19. The molecule has 1 heterocycles. The molecule has 1 aliphatic heterocycles. The Balaban J connectivity index is 2.24. The number of aliphatic imine (C=N–C) groups is 1. The summed E-state index contributed by atoms with van der Waals surface area (Å²) in [4.78, 5) is 4.67. The van der Waals surface area contributed by atoms with Crippen molar-refractivity contribution in [2.75, 3.05) is 0 Å². The third-order valence-corrected chi connectivity index (χ3v) is 3.73. The zero-order valence-corrected chi connectivity index (χ0v) is 11.6. The van der Waals surface area contributed by atoms with Gasteiger partial charge < -0.3 is 4.74 Å². The normalized spacial score (nSPS) is 16.1. The lowest BCUT2D eigenvalue weighted by molar-refractivity contribution is 0.187. The Morgan fingerprint density at radius 3 is 2.05 bits per heavy atom. The Kier molecular flexibility index (Phi) is 2.19. The van der Waals surface area contributed by atoms with Gasteiger partial charge in [0.15, 0.2) is 5.75 Å². The van der Waals surface area contributed by atoms with Crippen molar-refractivity contribution in [3.8, 4) is 5.75 Å². The molecule has 0 amide bonds. The summed E-state index contributed by atoms with van der Waals surface area (Å²) in [6.07, 6.45) is 1.89. The van der Waals surface area contributed by atoms with Crippen molar-refractivity contribution >= 4 is 33.4 Å². The molecular formula is C18H15NO. The van der Waals surface area contributed by atoms with Gasteiger partial charge in [-0.15, -0.1) is 0 Å². The van der Waals surface area contributed by atoms with Gasteiger partial charge in [0.1, 0.15) is 11.3 Å². The van der Waals surface area contributed by atoms with Crippen LogP contribution in [0, 0.1) is 0 Å². The zero-order valence-electron chi connectivity index (χ0n) is 11.6. The fourth-order valence-electron chi connectivity index (χ4n) is 2.83. The first-order chi connectivity index (χ1) is 9.66. The van der Waals surface area contributed by atoms with Crippen LogP contribution in [0.1, 0.15) is 13.8 Å². The topological polar surface area (TPSA) is 21.6 Å². The molecule has 20 heavy (non-hydrogen) atoms. The third kappa shape index (κ3) is 1.54. The van der Waals surface area contributed by atoms with Crippen LogP contribution in [0.3, 0.4) is 0 Å². The molecule has 2 nitrogen and oxygen atoms in total. The molecule has 3 aromatic carbocycles. The summed E-state index contributed by atoms with van der Waals surface area (Å²) >= 11 is 0. The molecule has 0 aromatic heterocycles. The minimum Gasteiger partial charge on any atom is -0.479 e. The Labute approximate surface area is 117 Å². The van der Waals surface area contributed by atoms with E-state index in [1.54, 1.807) is 0 Å². The monoisotopic (exact) mass is 261 g/mol. The molecule has 0 spiro atoms. The average Bonchev–Trinajstić information content (AvgIpc) is 2.46. The maximum absolute atomic E-state index is 6.19. The minimum atomic E-state index is -0.363. The maximum Gasteiger partial charge on any atom is 0.154 e. The van der Waals surface area contributed by atoms with Crippen molar-refractivity contribution in [2.24, 2.45) is 4.99 Å². The molecule has 0 bridgehead atoms. The molecule has 98 valence electrons. The SMILES string of the molecule is CC1(C)C=Nc2c(c3ccccc3c3ccccc23)O1. The molecule has 0 atom stereocenters. The first kappa shape index (κ1) is 11.5. The Morgan fingerprint density at radius 2 is 1.35 bits per heavy atom. The first-order valence-electron chi connectivity index (χ1n) is 6.83. The lowest BCUT2D eigenvalue weighted by atomic mass is 9.98. The number of hydrogen-bond acceptors (Lipinski definition) is 2. The van der Waals surface area contributed by atoms with Gasteiger partial charge in [0, 0.05) is 17.0 Å². The molecular weight excluding hydrogens is 246 g/mol. The number of fused-ring (bicyclic) bond motifs is 6. The summed E-state index contributed by atoms with van der Waals surface area (Å²) in [6, 6.07) is 16.7. The van der Waals surface area contributed by atoms with Crippen LogP contribution < -0.4 is 4.74 Å². The van der Waals surface area contributed by atoms with Crippen LogP contribution in [0.4, 0.5) is 5.69 Å². The number of ether oxygens (including phenoxy) is 1. The number of hydrogen-bond donors (Lipinski definition) is 0. The number of benzene rings is 3. The van der Waals surface area contributed by atoms with Crippen LogP contribution in [-0.4, -0.2) is 11.8 Å². The molecule has 0 unspecified atom stereocenters. The summed E-state index contributed by atoms with van der Waals surface area (Å²) in [5.41, 5.74) is 0.580. The van der Waals surface area contributed by atoms with Crippen molar-refractivity contribution < 1.29 is 4.74 Å². The lowest BCUT2D eigenvalue weighted by Gasteiger charge is -2.28. The van der Waals surface area contributed by atoms with E-state index in [0.29, 0.717) is 0 Å². The van der Waals surface area contributed by atoms with Gasteiger partial charge in [0.2, 0.25) is 0 Å². The molecule has 3 aromatic rings. The van der Waals surface area contributed by atoms with Gasteiger partial charge in [-0.05, 0) is 24.6 Å². The van der Waals surface area contributed by atoms with Crippen LogP contribution in [0.25, 0.3) is 21.5 Å². The van der Waals surface area contributed by atoms with Crippen LogP contribution in [0.2, 0.25) is 0 Å². The number of rotatable bonds is 0. The van der Waals surface area contributed by atoms with Gasteiger partial charge >= 0.3 is 0 Å².